The number of benzene rings is 3. The molecule has 5 rings (SSSR count). The second-order valence-electron chi connectivity index (χ2n) is 10.6. The summed E-state index contributed by atoms with van der Waals surface area (Å²) >= 11 is 1.98. The molecular formula is C31H34FIN4O5. The number of anilines is 1. The normalized spacial score (nSPS) is 21.1. The summed E-state index contributed by atoms with van der Waals surface area (Å²) in [7, 11) is 0. The summed E-state index contributed by atoms with van der Waals surface area (Å²) in [6.45, 7) is 3.62. The van der Waals surface area contributed by atoms with Crippen molar-refractivity contribution in [1.82, 2.24) is 15.1 Å². The lowest BCUT2D eigenvalue weighted by atomic mass is 9.91. The number of hydrogen-bond acceptors (Lipinski definition) is 6. The Hall–Kier alpha value is -3.26. The van der Waals surface area contributed by atoms with Crippen LogP contribution >= 0.6 is 22.6 Å². The second-order valence-corrected chi connectivity index (χ2v) is 11.9. The molecule has 222 valence electrons. The number of rotatable bonds is 10. The van der Waals surface area contributed by atoms with Crippen LogP contribution in [-0.2, 0) is 4.79 Å². The molecule has 11 heteroatoms. The van der Waals surface area contributed by atoms with Gasteiger partial charge >= 0.3 is 6.03 Å². The first kappa shape index (κ1) is 30.2. The zero-order valence-electron chi connectivity index (χ0n) is 23.1. The Kier molecular flexibility index (Phi) is 9.61. The first-order chi connectivity index (χ1) is 20.2. The fourth-order valence-corrected chi connectivity index (χ4v) is 5.98. The summed E-state index contributed by atoms with van der Waals surface area (Å²) in [5, 5.41) is 27.2. The summed E-state index contributed by atoms with van der Waals surface area (Å²) in [6, 6.07) is 17.9. The quantitative estimate of drug-likeness (QED) is 0.235. The molecule has 0 spiro atoms. The van der Waals surface area contributed by atoms with Gasteiger partial charge in [-0.05, 0) is 76.9 Å². The molecule has 2 aliphatic heterocycles. The standard InChI is InChI=1S/C31H34FIN4O5/c1-19(20-7-3-2-4-8-20)28(29(39)34-25-14-11-22(33)17-24(25)32)37-30(40)27(35-31(37)41)21-9-12-23(13-10-21)42-18-26(38)36-15-5-6-16-36/h2-4,7-14,17,19,26-28,30,38,40H,5-6,15-16,18H2,1H3,(H,34,39)(H,35,41)/t19-,26+,27+,28-,30+/m0/s1. The van der Waals surface area contributed by atoms with Gasteiger partial charge in [0, 0.05) is 22.6 Å². The number of halogens is 2. The van der Waals surface area contributed by atoms with Gasteiger partial charge in [-0.25, -0.2) is 9.18 Å². The van der Waals surface area contributed by atoms with Gasteiger partial charge in [0.15, 0.2) is 6.23 Å². The lowest BCUT2D eigenvalue weighted by Crippen LogP contribution is -2.52. The van der Waals surface area contributed by atoms with Crippen molar-refractivity contribution in [3.63, 3.8) is 0 Å². The van der Waals surface area contributed by atoms with Crippen molar-refractivity contribution in [2.24, 2.45) is 0 Å². The smallest absolute Gasteiger partial charge is 0.320 e. The number of carbonyl (C=O) groups is 2. The molecule has 0 saturated carbocycles. The lowest BCUT2D eigenvalue weighted by molar-refractivity contribution is -0.124. The van der Waals surface area contributed by atoms with Crippen LogP contribution in [0.2, 0.25) is 0 Å². The number of likely N-dealkylation sites (tertiary alicyclic amines) is 1. The lowest BCUT2D eigenvalue weighted by Gasteiger charge is -2.34. The zero-order chi connectivity index (χ0) is 29.8. The maximum Gasteiger partial charge on any atom is 0.320 e. The molecule has 0 radical (unpaired) electrons. The third kappa shape index (κ3) is 6.69. The van der Waals surface area contributed by atoms with E-state index in [0.29, 0.717) is 14.9 Å². The van der Waals surface area contributed by atoms with Gasteiger partial charge in [0.1, 0.15) is 36.5 Å². The van der Waals surface area contributed by atoms with Crippen molar-refractivity contribution in [2.75, 3.05) is 25.0 Å². The van der Waals surface area contributed by atoms with E-state index in [2.05, 4.69) is 10.6 Å². The predicted octanol–water partition coefficient (Wildman–Crippen LogP) is 4.42. The van der Waals surface area contributed by atoms with Crippen molar-refractivity contribution >= 4 is 40.2 Å². The number of nitrogens with one attached hydrogen (secondary N) is 2. The fraction of sp³-hybridized carbons (Fsp3) is 0.355. The topological polar surface area (TPSA) is 114 Å². The number of hydrogen-bond donors (Lipinski definition) is 4. The highest BCUT2D eigenvalue weighted by molar-refractivity contribution is 14.1. The Bertz CT molecular complexity index is 1390. The summed E-state index contributed by atoms with van der Waals surface area (Å²) < 4.78 is 21.1. The minimum Gasteiger partial charge on any atom is -0.489 e. The van der Waals surface area contributed by atoms with E-state index in [1.807, 2.05) is 57.8 Å². The average Bonchev–Trinajstić information content (AvgIpc) is 3.63. The number of carbonyl (C=O) groups excluding carboxylic acids is 2. The molecular weight excluding hydrogens is 654 g/mol. The molecule has 2 heterocycles. The van der Waals surface area contributed by atoms with Crippen molar-refractivity contribution < 1.29 is 28.9 Å². The third-order valence-electron chi connectivity index (χ3n) is 7.85. The van der Waals surface area contributed by atoms with E-state index >= 15 is 0 Å². The van der Waals surface area contributed by atoms with Crippen LogP contribution in [0.5, 0.6) is 5.75 Å². The Labute approximate surface area is 257 Å². The summed E-state index contributed by atoms with van der Waals surface area (Å²) in [5.74, 6) is -1.21. The van der Waals surface area contributed by atoms with Gasteiger partial charge in [-0.1, -0.05) is 49.4 Å². The molecule has 2 saturated heterocycles. The van der Waals surface area contributed by atoms with Gasteiger partial charge in [0.05, 0.1) is 5.69 Å². The van der Waals surface area contributed by atoms with E-state index in [9.17, 15) is 24.2 Å². The van der Waals surface area contributed by atoms with Crippen LogP contribution in [0.1, 0.15) is 42.9 Å². The zero-order valence-corrected chi connectivity index (χ0v) is 25.3. The van der Waals surface area contributed by atoms with Crippen LogP contribution in [0.4, 0.5) is 14.9 Å². The maximum absolute atomic E-state index is 14.6. The molecule has 4 N–H and O–H groups in total. The number of aliphatic hydroxyl groups excluding tert-OH is 2. The first-order valence-corrected chi connectivity index (χ1v) is 15.0. The minimum atomic E-state index is -1.38. The fourth-order valence-electron chi connectivity index (χ4n) is 5.53. The highest BCUT2D eigenvalue weighted by atomic mass is 127. The highest BCUT2D eigenvalue weighted by Crippen LogP contribution is 2.34. The van der Waals surface area contributed by atoms with Gasteiger partial charge in [-0.15, -0.1) is 0 Å². The molecule has 3 amide bonds. The van der Waals surface area contributed by atoms with E-state index in [0.717, 1.165) is 36.4 Å². The van der Waals surface area contributed by atoms with Gasteiger partial charge in [-0.3, -0.25) is 14.6 Å². The summed E-state index contributed by atoms with van der Waals surface area (Å²) in [5.41, 5.74) is 1.38. The van der Waals surface area contributed by atoms with Crippen molar-refractivity contribution in [3.8, 4) is 5.75 Å². The number of ether oxygens (including phenoxy) is 1. The number of aliphatic hydroxyl groups is 2. The highest BCUT2D eigenvalue weighted by Gasteiger charge is 2.47. The van der Waals surface area contributed by atoms with E-state index in [4.69, 9.17) is 4.74 Å². The van der Waals surface area contributed by atoms with E-state index in [-0.39, 0.29) is 12.3 Å². The first-order valence-electron chi connectivity index (χ1n) is 14.0. The van der Waals surface area contributed by atoms with Crippen molar-refractivity contribution in [1.29, 1.82) is 0 Å². The largest absolute Gasteiger partial charge is 0.489 e. The monoisotopic (exact) mass is 688 g/mol. The molecule has 2 aliphatic rings. The second kappa shape index (κ2) is 13.4. The summed E-state index contributed by atoms with van der Waals surface area (Å²) in [6.07, 6.45) is 0.0602. The van der Waals surface area contributed by atoms with E-state index in [1.165, 1.54) is 12.1 Å². The van der Waals surface area contributed by atoms with Crippen LogP contribution in [0.15, 0.2) is 72.8 Å². The van der Waals surface area contributed by atoms with Crippen LogP contribution < -0.4 is 15.4 Å². The van der Waals surface area contributed by atoms with Crippen molar-refractivity contribution in [2.45, 2.75) is 50.2 Å². The number of amides is 3. The molecule has 0 aliphatic carbocycles. The molecule has 3 aromatic carbocycles. The molecule has 3 aromatic rings. The van der Waals surface area contributed by atoms with Crippen LogP contribution in [-0.4, -0.2) is 70.1 Å². The SMILES string of the molecule is C[C@@H](c1ccccc1)[C@@H](C(=O)Nc1ccc(I)cc1F)N1C(=O)N[C@H](c2ccc(OC[C@@H](O)N3CCCC3)cc2)[C@H]1O. The Morgan fingerprint density at radius 3 is 2.48 bits per heavy atom. The molecule has 5 atom stereocenters. The van der Waals surface area contributed by atoms with Crippen LogP contribution in [0, 0.1) is 9.39 Å². The molecule has 0 unspecified atom stereocenters. The molecule has 0 bridgehead atoms. The van der Waals surface area contributed by atoms with Crippen LogP contribution in [0.25, 0.3) is 0 Å². The Balaban J connectivity index is 1.34. The van der Waals surface area contributed by atoms with Gasteiger partial charge in [-0.2, -0.15) is 0 Å². The van der Waals surface area contributed by atoms with Crippen LogP contribution in [0.3, 0.4) is 0 Å². The Morgan fingerprint density at radius 1 is 1.12 bits per heavy atom. The number of urea groups is 1. The van der Waals surface area contributed by atoms with E-state index in [1.54, 1.807) is 37.3 Å². The van der Waals surface area contributed by atoms with Gasteiger partial charge < -0.3 is 25.6 Å². The molecule has 0 aromatic heterocycles. The van der Waals surface area contributed by atoms with Gasteiger partial charge in [0.2, 0.25) is 5.91 Å². The summed E-state index contributed by atoms with van der Waals surface area (Å²) in [4.78, 5) is 30.1. The van der Waals surface area contributed by atoms with E-state index < -0.39 is 48.2 Å². The maximum atomic E-state index is 14.6. The Morgan fingerprint density at radius 2 is 1.81 bits per heavy atom. The van der Waals surface area contributed by atoms with Gasteiger partial charge in [0.25, 0.3) is 0 Å². The minimum absolute atomic E-state index is 0.0123. The molecule has 9 nitrogen and oxygen atoms in total. The molecule has 42 heavy (non-hydrogen) atoms. The average molecular weight is 689 g/mol. The third-order valence-corrected chi connectivity index (χ3v) is 8.52. The molecule has 2 fully saturated rings. The predicted molar refractivity (Wildman–Crippen MR) is 164 cm³/mol. The number of nitrogens with zero attached hydrogens (tertiary/aromatic N) is 2. The van der Waals surface area contributed by atoms with Crippen molar-refractivity contribution in [3.05, 3.63) is 93.3 Å².